The van der Waals surface area contributed by atoms with Crippen LogP contribution in [0, 0.1) is 19.3 Å². The Labute approximate surface area is 262 Å². The number of ether oxygens (including phenoxy) is 1. The highest BCUT2D eigenvalue weighted by molar-refractivity contribution is 7.89. The third kappa shape index (κ3) is 6.35. The van der Waals surface area contributed by atoms with Gasteiger partial charge in [-0.2, -0.15) is 4.31 Å². The minimum atomic E-state index is -3.66. The average Bonchev–Trinajstić information content (AvgIpc) is 3.87. The molecule has 1 aromatic carbocycles. The largest absolute Gasteiger partial charge is 0.497 e. The average molecular weight is 620 g/mol. The molecule has 236 valence electrons. The minimum Gasteiger partial charge on any atom is -0.497 e. The molecule has 11 heteroatoms. The van der Waals surface area contributed by atoms with Crippen molar-refractivity contribution in [3.8, 4) is 5.75 Å². The van der Waals surface area contributed by atoms with Gasteiger partial charge in [0.25, 0.3) is 0 Å². The first kappa shape index (κ1) is 30.6. The Morgan fingerprint density at radius 1 is 0.909 bits per heavy atom. The third-order valence-corrected chi connectivity index (χ3v) is 12.1. The molecule has 0 bridgehead atoms. The number of anilines is 3. The summed E-state index contributed by atoms with van der Waals surface area (Å²) in [5.41, 5.74) is 3.09. The molecule has 44 heavy (non-hydrogen) atoms. The minimum absolute atomic E-state index is 0.0453. The molecule has 3 aromatic rings. The van der Waals surface area contributed by atoms with E-state index in [-0.39, 0.29) is 6.04 Å². The summed E-state index contributed by atoms with van der Waals surface area (Å²) in [6.45, 7) is 8.74. The number of likely N-dealkylation sites (N-methyl/N-ethyl adjacent to an activating group) is 1. The fourth-order valence-corrected chi connectivity index (χ4v) is 9.05. The molecule has 2 saturated heterocycles. The summed E-state index contributed by atoms with van der Waals surface area (Å²) in [7, 11) is -0.0896. The molecule has 2 aliphatic heterocycles. The van der Waals surface area contributed by atoms with E-state index in [0.29, 0.717) is 40.3 Å². The van der Waals surface area contributed by atoms with Crippen LogP contribution in [0.3, 0.4) is 0 Å². The van der Waals surface area contributed by atoms with Crippen LogP contribution in [0.25, 0.3) is 0 Å². The van der Waals surface area contributed by atoms with Crippen LogP contribution in [0.15, 0.2) is 53.9 Å². The van der Waals surface area contributed by atoms with Gasteiger partial charge in [-0.15, -0.1) is 0 Å². The van der Waals surface area contributed by atoms with E-state index in [1.807, 2.05) is 44.4 Å². The zero-order valence-electron chi connectivity index (χ0n) is 26.4. The molecule has 0 amide bonds. The summed E-state index contributed by atoms with van der Waals surface area (Å²) in [5, 5.41) is 0. The van der Waals surface area contributed by atoms with Crippen molar-refractivity contribution in [1.29, 1.82) is 0 Å². The van der Waals surface area contributed by atoms with Crippen molar-refractivity contribution in [2.24, 2.45) is 5.41 Å². The number of hydrogen-bond donors (Lipinski definition) is 0. The van der Waals surface area contributed by atoms with Crippen molar-refractivity contribution >= 4 is 27.3 Å². The Balaban J connectivity index is 1.07. The molecule has 6 rings (SSSR count). The molecule has 0 atom stereocenters. The molecular formula is C33H45N7O3S. The summed E-state index contributed by atoms with van der Waals surface area (Å²) in [5.74, 6) is 2.33. The number of pyridine rings is 1. The summed E-state index contributed by atoms with van der Waals surface area (Å²) in [6.07, 6.45) is 13.9. The third-order valence-electron chi connectivity index (χ3n) is 9.85. The van der Waals surface area contributed by atoms with Gasteiger partial charge in [0.05, 0.1) is 24.4 Å². The van der Waals surface area contributed by atoms with Gasteiger partial charge in [-0.3, -0.25) is 9.97 Å². The van der Waals surface area contributed by atoms with E-state index in [0.717, 1.165) is 63.5 Å². The van der Waals surface area contributed by atoms with Crippen LogP contribution in [0.4, 0.5) is 17.3 Å². The first-order valence-electron chi connectivity index (χ1n) is 15.8. The molecule has 3 fully saturated rings. The molecule has 2 aromatic heterocycles. The predicted molar refractivity (Wildman–Crippen MR) is 174 cm³/mol. The first-order chi connectivity index (χ1) is 21.2. The van der Waals surface area contributed by atoms with Crippen LogP contribution in [-0.4, -0.2) is 87.1 Å². The Morgan fingerprint density at radius 2 is 1.52 bits per heavy atom. The number of benzene rings is 1. The fraction of sp³-hybridized carbons (Fsp3) is 0.545. The second-order valence-electron chi connectivity index (χ2n) is 12.8. The smallest absolute Gasteiger partial charge is 0.243 e. The molecule has 0 radical (unpaired) electrons. The molecule has 10 nitrogen and oxygen atoms in total. The van der Waals surface area contributed by atoms with E-state index in [2.05, 4.69) is 31.9 Å². The van der Waals surface area contributed by atoms with E-state index >= 15 is 0 Å². The molecule has 3 aliphatic rings. The Kier molecular flexibility index (Phi) is 8.70. The van der Waals surface area contributed by atoms with Gasteiger partial charge in [0.1, 0.15) is 17.4 Å². The van der Waals surface area contributed by atoms with Crippen LogP contribution >= 0.6 is 0 Å². The Bertz CT molecular complexity index is 1520. The summed E-state index contributed by atoms with van der Waals surface area (Å²) in [4.78, 5) is 20.9. The highest BCUT2D eigenvalue weighted by atomic mass is 32.2. The van der Waals surface area contributed by atoms with Gasteiger partial charge < -0.3 is 19.4 Å². The number of rotatable bonds is 10. The fourth-order valence-electron chi connectivity index (χ4n) is 6.96. The zero-order valence-corrected chi connectivity index (χ0v) is 27.3. The Morgan fingerprint density at radius 3 is 2.11 bits per heavy atom. The van der Waals surface area contributed by atoms with E-state index in [9.17, 15) is 8.42 Å². The molecule has 0 unspecified atom stereocenters. The van der Waals surface area contributed by atoms with E-state index in [1.54, 1.807) is 29.7 Å². The van der Waals surface area contributed by atoms with E-state index in [4.69, 9.17) is 9.72 Å². The van der Waals surface area contributed by atoms with Crippen molar-refractivity contribution in [2.75, 3.05) is 68.1 Å². The number of hydrogen-bond acceptors (Lipinski definition) is 9. The molecule has 1 saturated carbocycles. The van der Waals surface area contributed by atoms with Gasteiger partial charge in [-0.05, 0) is 93.2 Å². The molecule has 0 N–H and O–H groups in total. The van der Waals surface area contributed by atoms with Crippen LogP contribution in [-0.2, 0) is 10.0 Å². The number of methoxy groups -OCH3 is 1. The van der Waals surface area contributed by atoms with Crippen molar-refractivity contribution < 1.29 is 13.2 Å². The van der Waals surface area contributed by atoms with Crippen molar-refractivity contribution in [3.63, 3.8) is 0 Å². The second kappa shape index (κ2) is 12.5. The van der Waals surface area contributed by atoms with E-state index in [1.165, 1.54) is 18.5 Å². The van der Waals surface area contributed by atoms with Crippen LogP contribution in [0.5, 0.6) is 5.75 Å². The molecule has 1 spiro atoms. The number of nitrogens with zero attached hydrogens (tertiary/aromatic N) is 7. The maximum atomic E-state index is 13.9. The molecule has 1 aliphatic carbocycles. The highest BCUT2D eigenvalue weighted by Crippen LogP contribution is 2.43. The SMILES string of the molecule is COc1cc(C)c(S(=O)(=O)N(CCN(C)c2cncc(N3CCC4(CCN(c5ccncc5)CC4)CC3)n2)C2CC2)c(C)c1. The van der Waals surface area contributed by atoms with Crippen LogP contribution in [0.2, 0.25) is 0 Å². The summed E-state index contributed by atoms with van der Waals surface area (Å²) < 4.78 is 34.9. The summed E-state index contributed by atoms with van der Waals surface area (Å²) in [6, 6.07) is 7.85. The molecule has 4 heterocycles. The van der Waals surface area contributed by atoms with Gasteiger partial charge in [-0.1, -0.05) is 0 Å². The lowest BCUT2D eigenvalue weighted by Crippen LogP contribution is -2.47. The van der Waals surface area contributed by atoms with Crippen molar-refractivity contribution in [3.05, 3.63) is 60.2 Å². The lowest BCUT2D eigenvalue weighted by atomic mass is 9.71. The maximum Gasteiger partial charge on any atom is 0.243 e. The number of sulfonamides is 1. The molecular weight excluding hydrogens is 574 g/mol. The van der Waals surface area contributed by atoms with Gasteiger partial charge in [0.2, 0.25) is 10.0 Å². The quantitative estimate of drug-likeness (QED) is 0.321. The first-order valence-corrected chi connectivity index (χ1v) is 17.2. The Hall–Kier alpha value is -3.44. The standard InChI is InChI=1S/C33H45N7O3S/c1-25-21-29(43-4)22-26(2)32(25)44(41,42)40(28-5-6-28)20-19-37(3)30-23-35-24-31(36-30)39-17-11-33(12-18-39)9-15-38(16-10-33)27-7-13-34-14-8-27/h7-8,13-14,21-24,28H,5-6,9-12,15-20H2,1-4H3. The van der Waals surface area contributed by atoms with Crippen LogP contribution < -0.4 is 19.4 Å². The van der Waals surface area contributed by atoms with Gasteiger partial charge in [-0.25, -0.2) is 13.4 Å². The number of aryl methyl sites for hydroxylation is 2. The van der Waals surface area contributed by atoms with Gasteiger partial charge in [0, 0.05) is 70.4 Å². The topological polar surface area (TPSA) is 95.0 Å². The van der Waals surface area contributed by atoms with Crippen molar-refractivity contribution in [1.82, 2.24) is 19.3 Å². The summed E-state index contributed by atoms with van der Waals surface area (Å²) >= 11 is 0. The van der Waals surface area contributed by atoms with Crippen LogP contribution in [0.1, 0.15) is 49.7 Å². The lowest BCUT2D eigenvalue weighted by molar-refractivity contribution is 0.166. The van der Waals surface area contributed by atoms with Gasteiger partial charge >= 0.3 is 0 Å². The zero-order chi connectivity index (χ0) is 30.9. The normalized spacial score (nSPS) is 18.6. The lowest BCUT2D eigenvalue weighted by Gasteiger charge is -2.47. The highest BCUT2D eigenvalue weighted by Gasteiger charge is 2.40. The maximum absolute atomic E-state index is 13.9. The van der Waals surface area contributed by atoms with E-state index < -0.39 is 10.0 Å². The number of aromatic nitrogens is 3. The predicted octanol–water partition coefficient (Wildman–Crippen LogP) is 4.67. The second-order valence-corrected chi connectivity index (χ2v) is 14.6. The van der Waals surface area contributed by atoms with Crippen molar-refractivity contribution in [2.45, 2.75) is 63.3 Å². The monoisotopic (exact) mass is 619 g/mol. The number of piperidine rings is 2. The van der Waals surface area contributed by atoms with Gasteiger partial charge in [0.15, 0.2) is 0 Å².